The van der Waals surface area contributed by atoms with Crippen molar-refractivity contribution in [2.75, 3.05) is 122 Å². The summed E-state index contributed by atoms with van der Waals surface area (Å²) in [5.74, 6) is 3.42. The van der Waals surface area contributed by atoms with Gasteiger partial charge in [0.25, 0.3) is 0 Å². The number of aliphatic hydroxyl groups excluding tert-OH is 3. The Morgan fingerprint density at radius 2 is 0.932 bits per heavy atom. The highest BCUT2D eigenvalue weighted by atomic mass is 35.5. The number of nitrogens with two attached hydrogens (primary N) is 3. The van der Waals surface area contributed by atoms with E-state index < -0.39 is 7.12 Å². The summed E-state index contributed by atoms with van der Waals surface area (Å²) in [7, 11) is 3.12. The van der Waals surface area contributed by atoms with Crippen molar-refractivity contribution < 1.29 is 63.3 Å². The van der Waals surface area contributed by atoms with Gasteiger partial charge in [-0.05, 0) is 173 Å². The van der Waals surface area contributed by atoms with Crippen molar-refractivity contribution in [3.05, 3.63) is 123 Å². The van der Waals surface area contributed by atoms with Crippen LogP contribution in [0, 0.1) is 0 Å². The van der Waals surface area contributed by atoms with Gasteiger partial charge in [0.1, 0.15) is 39.9 Å². The van der Waals surface area contributed by atoms with Crippen LogP contribution >= 0.6 is 34.8 Å². The van der Waals surface area contributed by atoms with Crippen LogP contribution in [-0.2, 0) is 43.5 Å². The molecular weight excluding hydrogens is 1390 g/mol. The average Bonchev–Trinajstić information content (AvgIpc) is 1.73. The van der Waals surface area contributed by atoms with E-state index in [-0.39, 0.29) is 36.0 Å². The normalized spacial score (nSPS) is 14.0. The summed E-state index contributed by atoms with van der Waals surface area (Å²) >= 11 is 17.1. The van der Waals surface area contributed by atoms with Crippen LogP contribution in [0.3, 0.4) is 0 Å². The van der Waals surface area contributed by atoms with Crippen LogP contribution in [0.15, 0.2) is 91.0 Å². The van der Waals surface area contributed by atoms with Crippen LogP contribution in [0.25, 0.3) is 55.6 Å². The number of nitrogens with zero attached hydrogens (tertiary/aromatic N) is 10. The van der Waals surface area contributed by atoms with Crippen molar-refractivity contribution in [3.8, 4) is 39.8 Å². The highest BCUT2D eigenvalue weighted by Gasteiger charge is 2.48. The van der Waals surface area contributed by atoms with Crippen LogP contribution in [0.5, 0.6) is 17.2 Å². The molecule has 31 heteroatoms. The van der Waals surface area contributed by atoms with Gasteiger partial charge in [-0.3, -0.25) is 0 Å². The summed E-state index contributed by atoms with van der Waals surface area (Å²) in [4.78, 5) is 40.1. The van der Waals surface area contributed by atoms with Gasteiger partial charge >= 0.3 is 7.12 Å². The number of rotatable bonds is 19. The van der Waals surface area contributed by atoms with Crippen LogP contribution in [0.4, 0.5) is 23.4 Å². The molecule has 0 atom stereocenters. The fraction of sp³-hybridized carbons (Fsp3) is 0.458. The second-order valence-corrected chi connectivity index (χ2v) is 24.6. The van der Waals surface area contributed by atoms with Gasteiger partial charge in [0.15, 0.2) is 16.9 Å². The first-order chi connectivity index (χ1) is 49.7. The topological polar surface area (TPSA) is 384 Å². The number of methoxy groups -OCH3 is 3. The van der Waals surface area contributed by atoms with Gasteiger partial charge in [-0.25, -0.2) is 24.9 Å². The highest BCUT2D eigenvalue weighted by molar-refractivity contribution is 6.58. The molecule has 4 aliphatic rings. The van der Waals surface area contributed by atoms with E-state index in [4.69, 9.17) is 115 Å². The predicted molar refractivity (Wildman–Crippen MR) is 406 cm³/mol. The Labute approximate surface area is 617 Å². The molecule has 4 fully saturated rings. The molecule has 3 aromatic carbocycles. The summed E-state index contributed by atoms with van der Waals surface area (Å²) in [5.41, 5.74) is 24.7. The smallest absolute Gasteiger partial charge is 0.488 e. The molecule has 0 radical (unpaired) electrons. The Kier molecular flexibility index (Phi) is 35.5. The minimum atomic E-state index is -1.52. The zero-order valence-electron chi connectivity index (χ0n) is 60.1. The largest absolute Gasteiger partial charge is 0.496 e. The number of ether oxygens (including phenoxy) is 8. The Balaban J connectivity index is 0.000000199. The first kappa shape index (κ1) is 84.2. The number of aliphatic hydroxyl groups is 3. The minimum Gasteiger partial charge on any atom is -0.496 e. The summed E-state index contributed by atoms with van der Waals surface area (Å²) in [6, 6.07) is 26.4. The van der Waals surface area contributed by atoms with E-state index in [9.17, 15) is 10.2 Å². The van der Waals surface area contributed by atoms with E-state index in [0.29, 0.717) is 114 Å². The van der Waals surface area contributed by atoms with Gasteiger partial charge < -0.3 is 90.7 Å². The molecule has 0 bridgehead atoms. The lowest BCUT2D eigenvalue weighted by Crippen LogP contribution is -2.44. The van der Waals surface area contributed by atoms with Gasteiger partial charge in [0.05, 0.1) is 93.1 Å². The third kappa shape index (κ3) is 26.1. The Hall–Kier alpha value is -7.78. The Bertz CT molecular complexity index is 4030. The van der Waals surface area contributed by atoms with Crippen molar-refractivity contribution in [1.82, 2.24) is 50.2 Å². The number of benzene rings is 3. The first-order valence-electron chi connectivity index (χ1n) is 34.2. The number of pyridine rings is 3. The first-order valence-corrected chi connectivity index (χ1v) is 35.3. The van der Waals surface area contributed by atoms with Crippen LogP contribution in [0.2, 0.25) is 15.7 Å². The standard InChI is InChI=1S/C21H23N5O3.C15H13ClN4O2.C8H11BO4.C7H4Cl2N4.C6H11NO.3C5H12O/c1-28-17-5-2-13(10-14(17)11-27)16-4-3-15-18(22)24-20(25-19(15)23-16)26-8-9-29-21(12-26)6-7-21;1-22-12-5-2-8(6-9(12)7-21)11-4-3-10-13(17)19-15(16)20-14(10)18-11;1-13-8-3-2-7(9(11)12)4-6(8)5-10;8-4-2-1-3-5(10)12-7(9)13-6(3)11-4;1-2-6(1)5-7-3-4-8-6;3*1-3-5-6-4-2/h2-5,10,27H,6-9,11-12H2,1H3,(H2,22,23,24,25);2-6,21H,7H2,1H3,(H2,17,18,19,20);2-4,10-12H,5H2,1H3;1-2H,(H2,10,11,12,13);7H,1-5H2;3*3-5H2,1-2H3. The van der Waals surface area contributed by atoms with Crippen LogP contribution in [-0.4, -0.2) is 189 Å². The SMILES string of the molecule is C1COC2(CC2)CN1.CCCOCC.CCCOCC.CCCOCC.COc1ccc(-c2ccc3c(N)nc(Cl)nc3n2)cc1CO.COc1ccc(-c2ccc3c(N)nc(N4CCOC5(CC5)C4)nc3n2)cc1CO.COc1ccc(B(O)O)cc1CO.Nc1nc(Cl)nc2nc(Cl)ccc12. The predicted octanol–water partition coefficient (Wildman–Crippen LogP) is 9.79. The fourth-order valence-electron chi connectivity index (χ4n) is 10.2. The summed E-state index contributed by atoms with van der Waals surface area (Å²) in [6.45, 7) is 22.5. The van der Waals surface area contributed by atoms with E-state index >= 15 is 0 Å². The molecule has 6 aromatic heterocycles. The van der Waals surface area contributed by atoms with Gasteiger partial charge in [-0.1, -0.05) is 44.5 Å². The summed E-state index contributed by atoms with van der Waals surface area (Å²) in [5, 5.41) is 51.4. The number of anilines is 4. The minimum absolute atomic E-state index is 0.0234. The van der Waals surface area contributed by atoms with Crippen molar-refractivity contribution in [2.45, 2.75) is 118 Å². The number of fused-ring (bicyclic) bond motifs is 3. The molecule has 27 nitrogen and oxygen atoms in total. The molecule has 12 N–H and O–H groups in total. The molecule has 103 heavy (non-hydrogen) atoms. The lowest BCUT2D eigenvalue weighted by Gasteiger charge is -2.33. The number of nitrogens with one attached hydrogen (secondary N) is 1. The third-order valence-corrected chi connectivity index (χ3v) is 16.4. The number of nitrogen functional groups attached to an aromatic ring is 3. The average molecular weight is 1480 g/mol. The van der Waals surface area contributed by atoms with Crippen molar-refractivity contribution in [2.24, 2.45) is 0 Å². The van der Waals surface area contributed by atoms with Crippen molar-refractivity contribution in [1.29, 1.82) is 0 Å². The molecular formula is C72H98BCl3N14O13. The van der Waals surface area contributed by atoms with E-state index in [1.807, 2.05) is 69.3 Å². The zero-order chi connectivity index (χ0) is 74.9. The van der Waals surface area contributed by atoms with E-state index in [1.54, 1.807) is 44.6 Å². The number of halogens is 3. The van der Waals surface area contributed by atoms with Gasteiger partial charge in [0, 0.05) is 93.6 Å². The third-order valence-electron chi connectivity index (χ3n) is 15.9. The molecule has 9 aromatic rings. The Morgan fingerprint density at radius 1 is 0.505 bits per heavy atom. The van der Waals surface area contributed by atoms with Gasteiger partial charge in [0.2, 0.25) is 16.5 Å². The maximum absolute atomic E-state index is 9.60. The molecule has 558 valence electrons. The molecule has 0 amide bonds. The van der Waals surface area contributed by atoms with Crippen molar-refractivity contribution in [3.63, 3.8) is 0 Å². The number of aromatic nitrogens is 9. The Morgan fingerprint density at radius 3 is 1.33 bits per heavy atom. The molecule has 2 spiro atoms. The molecule has 0 unspecified atom stereocenters. The van der Waals surface area contributed by atoms with E-state index in [2.05, 4.69) is 65.9 Å². The molecule has 2 saturated heterocycles. The summed E-state index contributed by atoms with van der Waals surface area (Å²) < 4.78 is 41.8. The molecule has 8 heterocycles. The van der Waals surface area contributed by atoms with E-state index in [0.717, 1.165) is 127 Å². The highest BCUT2D eigenvalue weighted by Crippen LogP contribution is 2.43. The maximum atomic E-state index is 9.60. The fourth-order valence-corrected chi connectivity index (χ4v) is 10.7. The summed E-state index contributed by atoms with van der Waals surface area (Å²) in [6.07, 6.45) is 8.12. The second-order valence-electron chi connectivity index (χ2n) is 23.5. The maximum Gasteiger partial charge on any atom is 0.488 e. The number of hydrogen-bond acceptors (Lipinski definition) is 27. The van der Waals surface area contributed by atoms with Gasteiger partial charge in [-0.15, -0.1) is 0 Å². The lowest BCUT2D eigenvalue weighted by atomic mass is 9.79. The van der Waals surface area contributed by atoms with Crippen LogP contribution in [0.1, 0.15) is 103 Å². The monoisotopic (exact) mass is 1480 g/mol. The van der Waals surface area contributed by atoms with Crippen LogP contribution < -0.4 is 47.1 Å². The lowest BCUT2D eigenvalue weighted by molar-refractivity contribution is 0.00883. The van der Waals surface area contributed by atoms with E-state index in [1.165, 1.54) is 32.1 Å². The zero-order valence-corrected chi connectivity index (χ0v) is 62.4. The number of morpholine rings is 2. The molecule has 2 saturated carbocycles. The molecule has 2 aliphatic carbocycles. The second kappa shape index (κ2) is 43.5. The molecule has 2 aliphatic heterocycles. The number of hydrogen-bond donors (Lipinski definition) is 9. The quantitative estimate of drug-likeness (QED) is 0.0157. The van der Waals surface area contributed by atoms with Gasteiger partial charge in [-0.2, -0.15) is 19.9 Å². The molecule has 13 rings (SSSR count). The van der Waals surface area contributed by atoms with Crippen molar-refractivity contribution >= 4 is 104 Å².